The van der Waals surface area contributed by atoms with Crippen LogP contribution in [0.5, 0.6) is 0 Å². The van der Waals surface area contributed by atoms with Gasteiger partial charge in [-0.2, -0.15) is 0 Å². The van der Waals surface area contributed by atoms with Gasteiger partial charge in [0.05, 0.1) is 0 Å². The van der Waals surface area contributed by atoms with Crippen molar-refractivity contribution in [2.24, 2.45) is 5.92 Å². The highest BCUT2D eigenvalue weighted by molar-refractivity contribution is 5.75. The second-order valence-corrected chi connectivity index (χ2v) is 6.24. The Balaban J connectivity index is 1.46. The number of hydrogen-bond acceptors (Lipinski definition) is 3. The zero-order chi connectivity index (χ0) is 14.1. The predicted molar refractivity (Wildman–Crippen MR) is 73.5 cm³/mol. The first-order valence-electron chi connectivity index (χ1n) is 7.63. The minimum Gasteiger partial charge on any atom is -0.481 e. The zero-order valence-corrected chi connectivity index (χ0v) is 11.8. The van der Waals surface area contributed by atoms with Crippen LogP contribution in [0.3, 0.4) is 0 Å². The number of aliphatic carboxylic acids is 1. The number of carbonyl (C=O) groups is 2. The molecule has 2 amide bonds. The van der Waals surface area contributed by atoms with Gasteiger partial charge in [-0.1, -0.05) is 0 Å². The third kappa shape index (κ3) is 3.06. The summed E-state index contributed by atoms with van der Waals surface area (Å²) in [6.07, 6.45) is 3.63. The Kier molecular flexibility index (Phi) is 3.83. The molecule has 6 heteroatoms. The van der Waals surface area contributed by atoms with Crippen LogP contribution in [-0.4, -0.2) is 77.1 Å². The first-order valence-corrected chi connectivity index (χ1v) is 7.63. The fourth-order valence-electron chi connectivity index (χ4n) is 3.34. The van der Waals surface area contributed by atoms with Crippen LogP contribution in [0, 0.1) is 5.92 Å². The van der Waals surface area contributed by atoms with Crippen molar-refractivity contribution in [3.8, 4) is 0 Å². The van der Waals surface area contributed by atoms with Gasteiger partial charge in [0, 0.05) is 51.7 Å². The number of likely N-dealkylation sites (tertiary alicyclic amines) is 1. The summed E-state index contributed by atoms with van der Waals surface area (Å²) in [5, 5.41) is 8.82. The number of carboxylic acid groups (broad SMARTS) is 1. The third-order valence-electron chi connectivity index (χ3n) is 4.67. The molecule has 1 saturated carbocycles. The molecule has 1 aliphatic carbocycles. The molecule has 3 rings (SSSR count). The van der Waals surface area contributed by atoms with E-state index in [4.69, 9.17) is 5.11 Å². The predicted octanol–water partition coefficient (Wildman–Crippen LogP) is 0.683. The van der Waals surface area contributed by atoms with Crippen molar-refractivity contribution >= 4 is 12.0 Å². The highest BCUT2D eigenvalue weighted by atomic mass is 16.4. The monoisotopic (exact) mass is 281 g/mol. The maximum atomic E-state index is 12.4. The molecule has 0 spiro atoms. The zero-order valence-electron chi connectivity index (χ0n) is 11.8. The molecule has 1 N–H and O–H groups in total. The standard InChI is InChI=1S/C14H23N3O3/c18-13(19)9-11-3-4-17(10-11)14(20)16-7-5-15(6-8-16)12-1-2-12/h11-12H,1-10H2,(H,18,19). The molecule has 0 radical (unpaired) electrons. The molecular formula is C14H23N3O3. The van der Waals surface area contributed by atoms with Crippen molar-refractivity contribution in [2.75, 3.05) is 39.3 Å². The molecule has 1 unspecified atom stereocenters. The van der Waals surface area contributed by atoms with E-state index in [1.807, 2.05) is 9.80 Å². The Hall–Kier alpha value is -1.30. The molecule has 0 aromatic rings. The smallest absolute Gasteiger partial charge is 0.320 e. The molecule has 1 atom stereocenters. The number of carbonyl (C=O) groups excluding carboxylic acids is 1. The second kappa shape index (κ2) is 5.60. The van der Waals surface area contributed by atoms with Crippen molar-refractivity contribution < 1.29 is 14.7 Å². The molecule has 112 valence electrons. The van der Waals surface area contributed by atoms with Crippen LogP contribution < -0.4 is 0 Å². The fourth-order valence-corrected chi connectivity index (χ4v) is 3.34. The van der Waals surface area contributed by atoms with E-state index in [2.05, 4.69) is 4.90 Å². The lowest BCUT2D eigenvalue weighted by molar-refractivity contribution is -0.138. The molecule has 3 aliphatic rings. The Labute approximate surface area is 119 Å². The summed E-state index contributed by atoms with van der Waals surface area (Å²) < 4.78 is 0. The Morgan fingerprint density at radius 2 is 1.65 bits per heavy atom. The van der Waals surface area contributed by atoms with Crippen molar-refractivity contribution in [3.05, 3.63) is 0 Å². The number of piperazine rings is 1. The lowest BCUT2D eigenvalue weighted by Crippen LogP contribution is -2.52. The highest BCUT2D eigenvalue weighted by Gasteiger charge is 2.35. The first-order chi connectivity index (χ1) is 9.63. The second-order valence-electron chi connectivity index (χ2n) is 6.24. The molecule has 6 nitrogen and oxygen atoms in total. The average molecular weight is 281 g/mol. The summed E-state index contributed by atoms with van der Waals surface area (Å²) in [5.41, 5.74) is 0. The van der Waals surface area contributed by atoms with Gasteiger partial charge in [-0.3, -0.25) is 9.69 Å². The summed E-state index contributed by atoms with van der Waals surface area (Å²) in [5.74, 6) is -0.633. The maximum Gasteiger partial charge on any atom is 0.320 e. The molecule has 0 bridgehead atoms. The van der Waals surface area contributed by atoms with Crippen LogP contribution in [0.4, 0.5) is 4.79 Å². The average Bonchev–Trinajstić information content (AvgIpc) is 3.18. The minimum absolute atomic E-state index is 0.105. The molecule has 0 aromatic heterocycles. The number of carboxylic acids is 1. The van der Waals surface area contributed by atoms with Gasteiger partial charge in [-0.15, -0.1) is 0 Å². The molecule has 0 aromatic carbocycles. The molecule has 3 fully saturated rings. The number of hydrogen-bond donors (Lipinski definition) is 1. The van der Waals surface area contributed by atoms with Gasteiger partial charge in [0.2, 0.25) is 0 Å². The molecule has 20 heavy (non-hydrogen) atoms. The van der Waals surface area contributed by atoms with Crippen LogP contribution >= 0.6 is 0 Å². The van der Waals surface area contributed by atoms with Crippen molar-refractivity contribution in [2.45, 2.75) is 31.7 Å². The van der Waals surface area contributed by atoms with Crippen LogP contribution in [0.2, 0.25) is 0 Å². The lowest BCUT2D eigenvalue weighted by Gasteiger charge is -2.36. The molecule has 2 saturated heterocycles. The highest BCUT2D eigenvalue weighted by Crippen LogP contribution is 2.28. The fraction of sp³-hybridized carbons (Fsp3) is 0.857. The van der Waals surface area contributed by atoms with E-state index in [1.165, 1.54) is 12.8 Å². The van der Waals surface area contributed by atoms with Gasteiger partial charge >= 0.3 is 12.0 Å². The van der Waals surface area contributed by atoms with E-state index >= 15 is 0 Å². The summed E-state index contributed by atoms with van der Waals surface area (Å²) in [6.45, 7) is 4.92. The van der Waals surface area contributed by atoms with Crippen LogP contribution in [0.25, 0.3) is 0 Å². The Morgan fingerprint density at radius 3 is 2.25 bits per heavy atom. The van der Waals surface area contributed by atoms with E-state index in [0.717, 1.165) is 38.6 Å². The number of amides is 2. The Morgan fingerprint density at radius 1 is 0.950 bits per heavy atom. The van der Waals surface area contributed by atoms with E-state index < -0.39 is 5.97 Å². The van der Waals surface area contributed by atoms with Crippen LogP contribution in [-0.2, 0) is 4.79 Å². The van der Waals surface area contributed by atoms with Gasteiger partial charge in [-0.05, 0) is 25.2 Å². The SMILES string of the molecule is O=C(O)CC1CCN(C(=O)N2CCN(C3CC3)CC2)C1. The van der Waals surface area contributed by atoms with E-state index in [1.54, 1.807) is 0 Å². The molecule has 2 heterocycles. The topological polar surface area (TPSA) is 64.1 Å². The van der Waals surface area contributed by atoms with Crippen molar-refractivity contribution in [1.82, 2.24) is 14.7 Å². The lowest BCUT2D eigenvalue weighted by atomic mass is 10.1. The molecular weight excluding hydrogens is 258 g/mol. The van der Waals surface area contributed by atoms with Crippen molar-refractivity contribution in [1.29, 1.82) is 0 Å². The van der Waals surface area contributed by atoms with Gasteiger partial charge in [0.25, 0.3) is 0 Å². The van der Waals surface area contributed by atoms with Crippen LogP contribution in [0.15, 0.2) is 0 Å². The van der Waals surface area contributed by atoms with E-state index in [0.29, 0.717) is 13.1 Å². The van der Waals surface area contributed by atoms with Gasteiger partial charge < -0.3 is 14.9 Å². The molecule has 2 aliphatic heterocycles. The number of nitrogens with zero attached hydrogens (tertiary/aromatic N) is 3. The summed E-state index contributed by atoms with van der Waals surface area (Å²) >= 11 is 0. The number of urea groups is 1. The third-order valence-corrected chi connectivity index (χ3v) is 4.67. The normalized spacial score (nSPS) is 27.9. The minimum atomic E-state index is -0.762. The van der Waals surface area contributed by atoms with Gasteiger partial charge in [0.1, 0.15) is 0 Å². The number of rotatable bonds is 3. The largest absolute Gasteiger partial charge is 0.481 e. The summed E-state index contributed by atoms with van der Waals surface area (Å²) in [4.78, 5) is 29.4. The van der Waals surface area contributed by atoms with Crippen LogP contribution in [0.1, 0.15) is 25.7 Å². The van der Waals surface area contributed by atoms with Crippen molar-refractivity contribution in [3.63, 3.8) is 0 Å². The van der Waals surface area contributed by atoms with E-state index in [-0.39, 0.29) is 18.4 Å². The van der Waals surface area contributed by atoms with Gasteiger partial charge in [-0.25, -0.2) is 4.79 Å². The van der Waals surface area contributed by atoms with E-state index in [9.17, 15) is 9.59 Å². The maximum absolute atomic E-state index is 12.4. The summed E-state index contributed by atoms with van der Waals surface area (Å²) in [6, 6.07) is 0.882. The van der Waals surface area contributed by atoms with Gasteiger partial charge in [0.15, 0.2) is 0 Å². The first kappa shape index (κ1) is 13.7. The quantitative estimate of drug-likeness (QED) is 0.826. The Bertz CT molecular complexity index is 389. The summed E-state index contributed by atoms with van der Waals surface area (Å²) in [7, 11) is 0.